The number of aliphatic hydroxyl groups is 1. The number of hydrogen-bond donors (Lipinski definition) is 1. The second-order valence-electron chi connectivity index (χ2n) is 6.44. The molecule has 0 saturated heterocycles. The summed E-state index contributed by atoms with van der Waals surface area (Å²) in [6.07, 6.45) is 5.51. The molecule has 4 nitrogen and oxygen atoms in total. The number of rotatable bonds is 2. The van der Waals surface area contributed by atoms with E-state index in [2.05, 4.69) is 0 Å². The van der Waals surface area contributed by atoms with Gasteiger partial charge in [0.25, 0.3) is 0 Å². The summed E-state index contributed by atoms with van der Waals surface area (Å²) in [5.41, 5.74) is 3.86. The number of aryl methyl sites for hydroxylation is 3. The van der Waals surface area contributed by atoms with Crippen molar-refractivity contribution in [3.05, 3.63) is 33.7 Å². The van der Waals surface area contributed by atoms with Gasteiger partial charge in [-0.1, -0.05) is 19.3 Å². The molecule has 2 aromatic rings. The molecule has 0 bridgehead atoms. The Hall–Kier alpha value is -1.55. The van der Waals surface area contributed by atoms with Crippen LogP contribution in [-0.4, -0.2) is 14.2 Å². The van der Waals surface area contributed by atoms with Gasteiger partial charge in [-0.25, -0.2) is 4.79 Å². The second-order valence-corrected chi connectivity index (χ2v) is 6.44. The monoisotopic (exact) mass is 288 g/mol. The normalized spacial score (nSPS) is 18.3. The predicted molar refractivity (Wildman–Crippen MR) is 84.4 cm³/mol. The fourth-order valence-electron chi connectivity index (χ4n) is 3.69. The Morgan fingerprint density at radius 3 is 2.29 bits per heavy atom. The van der Waals surface area contributed by atoms with Crippen molar-refractivity contribution >= 4 is 11.0 Å². The standard InChI is InChI=1S/C17H24N2O2/c1-11-9-14-15(19(3)17(21)18(14)2)10-13(11)16(20)12-7-5-4-6-8-12/h9-10,12,16,20H,4-8H2,1-3H3. The maximum absolute atomic E-state index is 12.0. The molecule has 1 fully saturated rings. The van der Waals surface area contributed by atoms with Crippen molar-refractivity contribution in [2.45, 2.75) is 45.1 Å². The highest BCUT2D eigenvalue weighted by molar-refractivity contribution is 5.78. The summed E-state index contributed by atoms with van der Waals surface area (Å²) < 4.78 is 3.32. The van der Waals surface area contributed by atoms with E-state index in [1.807, 2.05) is 19.1 Å². The molecule has 4 heteroatoms. The maximum atomic E-state index is 12.0. The van der Waals surface area contributed by atoms with Gasteiger partial charge in [0.15, 0.2) is 0 Å². The van der Waals surface area contributed by atoms with Crippen LogP contribution in [-0.2, 0) is 14.1 Å². The highest BCUT2D eigenvalue weighted by atomic mass is 16.3. The number of aliphatic hydroxyl groups excluding tert-OH is 1. The minimum absolute atomic E-state index is 0.0197. The van der Waals surface area contributed by atoms with E-state index in [4.69, 9.17) is 0 Å². The minimum Gasteiger partial charge on any atom is -0.388 e. The van der Waals surface area contributed by atoms with Crippen molar-refractivity contribution in [1.82, 2.24) is 9.13 Å². The van der Waals surface area contributed by atoms with Crippen molar-refractivity contribution in [3.63, 3.8) is 0 Å². The molecule has 1 unspecified atom stereocenters. The van der Waals surface area contributed by atoms with E-state index in [0.717, 1.165) is 35.0 Å². The highest BCUT2D eigenvalue weighted by Crippen LogP contribution is 2.36. The Balaban J connectivity index is 2.08. The summed E-state index contributed by atoms with van der Waals surface area (Å²) in [7, 11) is 3.58. The molecule has 0 amide bonds. The third kappa shape index (κ3) is 2.31. The SMILES string of the molecule is Cc1cc2c(cc1C(O)C1CCCCC1)n(C)c(=O)n2C. The second kappa shape index (κ2) is 5.34. The largest absolute Gasteiger partial charge is 0.388 e. The topological polar surface area (TPSA) is 47.2 Å². The number of benzene rings is 1. The van der Waals surface area contributed by atoms with Gasteiger partial charge in [-0.05, 0) is 48.9 Å². The van der Waals surface area contributed by atoms with Gasteiger partial charge < -0.3 is 5.11 Å². The van der Waals surface area contributed by atoms with Crippen molar-refractivity contribution in [2.24, 2.45) is 20.0 Å². The fraction of sp³-hybridized carbons (Fsp3) is 0.588. The molecule has 1 atom stereocenters. The van der Waals surface area contributed by atoms with Gasteiger partial charge in [-0.2, -0.15) is 0 Å². The van der Waals surface area contributed by atoms with Gasteiger partial charge in [0.2, 0.25) is 0 Å². The number of nitrogens with zero attached hydrogens (tertiary/aromatic N) is 2. The summed E-state index contributed by atoms with van der Waals surface area (Å²) >= 11 is 0. The van der Waals surface area contributed by atoms with Crippen LogP contribution >= 0.6 is 0 Å². The van der Waals surface area contributed by atoms with Crippen LogP contribution in [0.3, 0.4) is 0 Å². The first-order valence-corrected chi connectivity index (χ1v) is 7.84. The lowest BCUT2D eigenvalue weighted by molar-refractivity contribution is 0.0844. The molecule has 1 N–H and O–H groups in total. The first kappa shape index (κ1) is 14.4. The molecule has 0 spiro atoms. The molecule has 1 aliphatic carbocycles. The summed E-state index contributed by atoms with van der Waals surface area (Å²) in [6, 6.07) is 4.03. The molecule has 3 rings (SSSR count). The van der Waals surface area contributed by atoms with Crippen LogP contribution in [0.4, 0.5) is 0 Å². The molecule has 1 aliphatic rings. The molecule has 1 aromatic heterocycles. The highest BCUT2D eigenvalue weighted by Gasteiger charge is 2.25. The summed E-state index contributed by atoms with van der Waals surface area (Å²) in [5, 5.41) is 10.8. The van der Waals surface area contributed by atoms with Crippen LogP contribution in [0.1, 0.15) is 49.3 Å². The van der Waals surface area contributed by atoms with Gasteiger partial charge in [-0.15, -0.1) is 0 Å². The van der Waals surface area contributed by atoms with Crippen LogP contribution in [0.25, 0.3) is 11.0 Å². The lowest BCUT2D eigenvalue weighted by Crippen LogP contribution is -2.19. The van der Waals surface area contributed by atoms with E-state index in [1.54, 1.807) is 23.2 Å². The zero-order valence-electron chi connectivity index (χ0n) is 13.1. The van der Waals surface area contributed by atoms with Crippen molar-refractivity contribution in [3.8, 4) is 0 Å². The first-order valence-electron chi connectivity index (χ1n) is 7.84. The molecule has 1 saturated carbocycles. The first-order chi connectivity index (χ1) is 10.0. The van der Waals surface area contributed by atoms with Crippen LogP contribution in [0, 0.1) is 12.8 Å². The summed E-state index contributed by atoms with van der Waals surface area (Å²) in [4.78, 5) is 12.0. The Morgan fingerprint density at radius 1 is 1.10 bits per heavy atom. The molecule has 21 heavy (non-hydrogen) atoms. The predicted octanol–water partition coefficient (Wildman–Crippen LogP) is 2.80. The zero-order chi connectivity index (χ0) is 15.1. The third-order valence-electron chi connectivity index (χ3n) is 5.07. The van der Waals surface area contributed by atoms with Crippen LogP contribution < -0.4 is 5.69 Å². The number of imidazole rings is 1. The summed E-state index contributed by atoms with van der Waals surface area (Å²) in [6.45, 7) is 2.03. The lowest BCUT2D eigenvalue weighted by atomic mass is 9.81. The molecule has 1 aromatic carbocycles. The molecule has 1 heterocycles. The van der Waals surface area contributed by atoms with Crippen LogP contribution in [0.2, 0.25) is 0 Å². The Labute approximate surface area is 125 Å². The molecule has 0 radical (unpaired) electrons. The van der Waals surface area contributed by atoms with Crippen molar-refractivity contribution in [1.29, 1.82) is 0 Å². The average molecular weight is 288 g/mol. The molecular formula is C17H24N2O2. The Bertz CT molecular complexity index is 720. The van der Waals surface area contributed by atoms with Gasteiger partial charge in [-0.3, -0.25) is 9.13 Å². The Morgan fingerprint density at radius 2 is 1.67 bits per heavy atom. The number of hydrogen-bond acceptors (Lipinski definition) is 2. The van der Waals surface area contributed by atoms with E-state index in [9.17, 15) is 9.90 Å². The molecular weight excluding hydrogens is 264 g/mol. The smallest absolute Gasteiger partial charge is 0.328 e. The maximum Gasteiger partial charge on any atom is 0.328 e. The molecule has 0 aliphatic heterocycles. The van der Waals surface area contributed by atoms with Gasteiger partial charge in [0.05, 0.1) is 17.1 Å². The quantitative estimate of drug-likeness (QED) is 0.923. The minimum atomic E-state index is -0.412. The van der Waals surface area contributed by atoms with Crippen LogP contribution in [0.15, 0.2) is 16.9 Å². The van der Waals surface area contributed by atoms with Crippen LogP contribution in [0.5, 0.6) is 0 Å². The summed E-state index contributed by atoms with van der Waals surface area (Å²) in [5.74, 6) is 0.357. The van der Waals surface area contributed by atoms with E-state index < -0.39 is 6.10 Å². The van der Waals surface area contributed by atoms with Gasteiger partial charge in [0.1, 0.15) is 0 Å². The van der Waals surface area contributed by atoms with E-state index in [1.165, 1.54) is 19.3 Å². The zero-order valence-corrected chi connectivity index (χ0v) is 13.1. The van der Waals surface area contributed by atoms with Gasteiger partial charge >= 0.3 is 5.69 Å². The third-order valence-corrected chi connectivity index (χ3v) is 5.07. The van der Waals surface area contributed by atoms with E-state index in [-0.39, 0.29) is 5.69 Å². The molecule has 114 valence electrons. The Kier molecular flexibility index (Phi) is 3.66. The van der Waals surface area contributed by atoms with Crippen molar-refractivity contribution < 1.29 is 5.11 Å². The van der Waals surface area contributed by atoms with E-state index in [0.29, 0.717) is 5.92 Å². The fourth-order valence-corrected chi connectivity index (χ4v) is 3.69. The van der Waals surface area contributed by atoms with E-state index >= 15 is 0 Å². The van der Waals surface area contributed by atoms with Crippen molar-refractivity contribution in [2.75, 3.05) is 0 Å². The number of aromatic nitrogens is 2. The number of fused-ring (bicyclic) bond motifs is 1. The van der Waals surface area contributed by atoms with Gasteiger partial charge in [0, 0.05) is 14.1 Å². The average Bonchev–Trinajstić information content (AvgIpc) is 2.71. The lowest BCUT2D eigenvalue weighted by Gasteiger charge is -2.27.